The topological polar surface area (TPSA) is 43.1 Å². The summed E-state index contributed by atoms with van der Waals surface area (Å²) in [6.07, 6.45) is 0. The summed E-state index contributed by atoms with van der Waals surface area (Å²) in [7, 11) is 0. The van der Waals surface area contributed by atoms with Crippen molar-refractivity contribution in [1.82, 2.24) is 0 Å². The molecule has 0 radical (unpaired) electrons. The van der Waals surface area contributed by atoms with Gasteiger partial charge < -0.3 is 0 Å². The first-order valence-electron chi connectivity index (χ1n) is 3.58. The second-order valence-corrected chi connectivity index (χ2v) is 5.59. The van der Waals surface area contributed by atoms with Crippen molar-refractivity contribution in [2.45, 2.75) is 5.32 Å². The van der Waals surface area contributed by atoms with Crippen LogP contribution in [0.25, 0.3) is 0 Å². The maximum atomic E-state index is 12.4. The quantitative estimate of drug-likeness (QED) is 0.770. The van der Waals surface area contributed by atoms with E-state index < -0.39 is 13.8 Å². The fourth-order valence-electron chi connectivity index (χ4n) is 0.811. The van der Waals surface area contributed by atoms with Gasteiger partial charge in [0, 0.05) is 0 Å². The zero-order valence-electron chi connectivity index (χ0n) is 6.50. The molecule has 1 unspecified atom stereocenters. The monoisotopic (exact) mass is 235 g/mol. The molecule has 0 fully saturated rings. The summed E-state index contributed by atoms with van der Waals surface area (Å²) < 4.78 is 24.5. The van der Waals surface area contributed by atoms with Gasteiger partial charge in [-0.25, -0.2) is 0 Å². The van der Waals surface area contributed by atoms with Crippen LogP contribution in [0, 0.1) is 5.82 Å². The number of nitrogens with two attached hydrogens (primary N) is 1. The fourth-order valence-corrected chi connectivity index (χ4v) is 2.68. The van der Waals surface area contributed by atoms with Crippen molar-refractivity contribution in [1.29, 1.82) is 0 Å². The van der Waals surface area contributed by atoms with E-state index in [1.54, 1.807) is 12.1 Å². The van der Waals surface area contributed by atoms with Crippen LogP contribution in [-0.2, 0) is 3.83 Å². The SMILES string of the molecule is NCC[Se](=O)c1ccc(F)cc1. The third kappa shape index (κ3) is 2.48. The van der Waals surface area contributed by atoms with Gasteiger partial charge in [-0.1, -0.05) is 0 Å². The molecule has 1 atom stereocenters. The van der Waals surface area contributed by atoms with Gasteiger partial charge in [0.15, 0.2) is 0 Å². The zero-order valence-corrected chi connectivity index (χ0v) is 8.21. The molecule has 1 rings (SSSR count). The average Bonchev–Trinajstić information content (AvgIpc) is 2.06. The van der Waals surface area contributed by atoms with E-state index in [4.69, 9.17) is 5.73 Å². The second kappa shape index (κ2) is 4.45. The molecule has 1 aromatic rings. The first kappa shape index (κ1) is 9.52. The summed E-state index contributed by atoms with van der Waals surface area (Å²) in [6.45, 7) is 0.422. The number of benzene rings is 1. The molecule has 12 heavy (non-hydrogen) atoms. The molecule has 0 bridgehead atoms. The van der Waals surface area contributed by atoms with Crippen LogP contribution in [0.5, 0.6) is 0 Å². The number of hydrogen-bond acceptors (Lipinski definition) is 2. The Labute approximate surface area is 74.7 Å². The Kier molecular flexibility index (Phi) is 3.53. The normalized spacial score (nSPS) is 12.8. The summed E-state index contributed by atoms with van der Waals surface area (Å²) in [5.74, 6) is -0.301. The molecule has 0 saturated heterocycles. The molecule has 0 spiro atoms. The van der Waals surface area contributed by atoms with E-state index in [0.29, 0.717) is 11.9 Å². The summed E-state index contributed by atoms with van der Waals surface area (Å²) in [6, 6.07) is 5.76. The van der Waals surface area contributed by atoms with E-state index in [0.717, 1.165) is 4.46 Å². The summed E-state index contributed by atoms with van der Waals surface area (Å²) in [5.41, 5.74) is 5.25. The average molecular weight is 234 g/mol. The van der Waals surface area contributed by atoms with Crippen LogP contribution in [0.2, 0.25) is 5.32 Å². The van der Waals surface area contributed by atoms with Crippen molar-refractivity contribution in [2.24, 2.45) is 5.73 Å². The Morgan fingerprint density at radius 2 is 1.92 bits per heavy atom. The predicted octanol–water partition coefficient (Wildman–Crippen LogP) is 0.413. The minimum atomic E-state index is -1.99. The molecule has 0 aliphatic rings. The molecule has 4 heteroatoms. The van der Waals surface area contributed by atoms with Crippen LogP contribution in [0.4, 0.5) is 4.39 Å². The molecule has 0 saturated carbocycles. The summed E-state index contributed by atoms with van der Waals surface area (Å²) in [5, 5.41) is 0.519. The van der Waals surface area contributed by atoms with E-state index in [1.165, 1.54) is 12.1 Å². The Morgan fingerprint density at radius 3 is 2.42 bits per heavy atom. The maximum absolute atomic E-state index is 12.4. The Hall–Kier alpha value is -0.571. The number of halogens is 1. The van der Waals surface area contributed by atoms with E-state index in [-0.39, 0.29) is 5.82 Å². The number of rotatable bonds is 3. The first-order chi connectivity index (χ1) is 5.74. The standard InChI is InChI=1S/C8H10FNOSe/c9-7-1-3-8(4-2-7)12(11)6-5-10/h1-4H,5-6,10H2. The Bertz CT molecular complexity index is 273. The molecule has 0 aromatic heterocycles. The molecule has 2 nitrogen and oxygen atoms in total. The Balaban J connectivity index is 2.75. The second-order valence-electron chi connectivity index (χ2n) is 2.29. The predicted molar refractivity (Wildman–Crippen MR) is 46.3 cm³/mol. The van der Waals surface area contributed by atoms with Gasteiger partial charge in [0.1, 0.15) is 0 Å². The van der Waals surface area contributed by atoms with E-state index in [2.05, 4.69) is 0 Å². The van der Waals surface area contributed by atoms with Crippen molar-refractivity contribution < 1.29 is 8.23 Å². The third-order valence-electron chi connectivity index (χ3n) is 1.38. The van der Waals surface area contributed by atoms with E-state index in [9.17, 15) is 8.23 Å². The third-order valence-corrected chi connectivity index (χ3v) is 4.33. The van der Waals surface area contributed by atoms with Gasteiger partial charge in [-0.2, -0.15) is 0 Å². The first-order valence-corrected chi connectivity index (χ1v) is 6.35. The van der Waals surface area contributed by atoms with Gasteiger partial charge in [-0.3, -0.25) is 0 Å². The Morgan fingerprint density at radius 1 is 1.33 bits per heavy atom. The van der Waals surface area contributed by atoms with Crippen LogP contribution in [0.1, 0.15) is 0 Å². The van der Waals surface area contributed by atoms with Crippen LogP contribution in [0.3, 0.4) is 0 Å². The molecule has 0 aliphatic heterocycles. The van der Waals surface area contributed by atoms with Gasteiger partial charge in [-0.05, 0) is 0 Å². The molecule has 0 aliphatic carbocycles. The van der Waals surface area contributed by atoms with Crippen LogP contribution >= 0.6 is 0 Å². The van der Waals surface area contributed by atoms with Gasteiger partial charge in [0.05, 0.1) is 0 Å². The van der Waals surface area contributed by atoms with Crippen LogP contribution < -0.4 is 10.2 Å². The molecule has 66 valence electrons. The van der Waals surface area contributed by atoms with Gasteiger partial charge >= 0.3 is 74.2 Å². The van der Waals surface area contributed by atoms with Crippen molar-refractivity contribution in [3.63, 3.8) is 0 Å². The molecule has 1 aromatic carbocycles. The van der Waals surface area contributed by atoms with E-state index >= 15 is 0 Å². The molecular weight excluding hydrogens is 224 g/mol. The molecule has 2 N–H and O–H groups in total. The minimum absolute atomic E-state index is 0.301. The van der Waals surface area contributed by atoms with Crippen molar-refractivity contribution in [3.8, 4) is 0 Å². The molecule has 0 amide bonds. The van der Waals surface area contributed by atoms with Crippen molar-refractivity contribution in [2.75, 3.05) is 6.54 Å². The van der Waals surface area contributed by atoms with Gasteiger partial charge in [-0.15, -0.1) is 0 Å². The summed E-state index contributed by atoms with van der Waals surface area (Å²) in [4.78, 5) is 0. The molecular formula is C8H10FNOSe. The van der Waals surface area contributed by atoms with Gasteiger partial charge in [0.2, 0.25) is 0 Å². The molecule has 0 heterocycles. The number of hydrogen-bond donors (Lipinski definition) is 1. The van der Waals surface area contributed by atoms with Crippen molar-refractivity contribution >= 4 is 18.3 Å². The fraction of sp³-hybridized carbons (Fsp3) is 0.250. The van der Waals surface area contributed by atoms with Gasteiger partial charge in [0.25, 0.3) is 0 Å². The van der Waals surface area contributed by atoms with Crippen LogP contribution in [0.15, 0.2) is 24.3 Å². The van der Waals surface area contributed by atoms with Crippen molar-refractivity contribution in [3.05, 3.63) is 30.1 Å². The van der Waals surface area contributed by atoms with Crippen LogP contribution in [-0.4, -0.2) is 20.4 Å². The summed E-state index contributed by atoms with van der Waals surface area (Å²) >= 11 is -1.99. The zero-order chi connectivity index (χ0) is 8.97. The van der Waals surface area contributed by atoms with E-state index in [1.807, 2.05) is 0 Å².